The SMILES string of the molecule is CC(=O)c1ccc(NC(=O)COC(=O)CCC2CCCCC2)cc1. The van der Waals surface area contributed by atoms with Gasteiger partial charge < -0.3 is 10.1 Å². The second kappa shape index (κ2) is 9.21. The normalized spacial score (nSPS) is 14.9. The molecule has 1 fully saturated rings. The van der Waals surface area contributed by atoms with Crippen LogP contribution in [-0.4, -0.2) is 24.3 Å². The molecule has 0 radical (unpaired) electrons. The van der Waals surface area contributed by atoms with Gasteiger partial charge in [0.25, 0.3) is 5.91 Å². The van der Waals surface area contributed by atoms with Gasteiger partial charge in [-0.05, 0) is 43.5 Å². The van der Waals surface area contributed by atoms with Crippen molar-refractivity contribution in [2.45, 2.75) is 51.9 Å². The molecule has 0 aromatic heterocycles. The van der Waals surface area contributed by atoms with Gasteiger partial charge in [0, 0.05) is 17.7 Å². The Balaban J connectivity index is 1.66. The number of nitrogens with one attached hydrogen (secondary N) is 1. The lowest BCUT2D eigenvalue weighted by molar-refractivity contribution is -0.147. The number of rotatable bonds is 7. The van der Waals surface area contributed by atoms with Crippen molar-refractivity contribution in [3.8, 4) is 0 Å². The van der Waals surface area contributed by atoms with Crippen LogP contribution in [0.3, 0.4) is 0 Å². The van der Waals surface area contributed by atoms with Crippen LogP contribution < -0.4 is 5.32 Å². The van der Waals surface area contributed by atoms with Crippen LogP contribution in [0.25, 0.3) is 0 Å². The number of carbonyl (C=O) groups excluding carboxylic acids is 3. The number of amides is 1. The predicted octanol–water partition coefficient (Wildman–Crippen LogP) is 3.73. The molecule has 1 aliphatic carbocycles. The van der Waals surface area contributed by atoms with E-state index in [2.05, 4.69) is 5.32 Å². The molecule has 0 bridgehead atoms. The third-order valence-corrected chi connectivity index (χ3v) is 4.42. The third kappa shape index (κ3) is 6.14. The molecule has 1 aliphatic rings. The summed E-state index contributed by atoms with van der Waals surface area (Å²) >= 11 is 0. The van der Waals surface area contributed by atoms with E-state index in [1.807, 2.05) is 0 Å². The van der Waals surface area contributed by atoms with Crippen LogP contribution in [-0.2, 0) is 14.3 Å². The number of anilines is 1. The molecule has 1 saturated carbocycles. The van der Waals surface area contributed by atoms with Gasteiger partial charge in [-0.25, -0.2) is 0 Å². The summed E-state index contributed by atoms with van der Waals surface area (Å²) in [6.45, 7) is 1.21. The zero-order chi connectivity index (χ0) is 17.4. The van der Waals surface area contributed by atoms with Crippen LogP contribution in [0, 0.1) is 5.92 Å². The van der Waals surface area contributed by atoms with Crippen molar-refractivity contribution in [2.24, 2.45) is 5.92 Å². The Hall–Kier alpha value is -2.17. The fourth-order valence-corrected chi connectivity index (χ4v) is 3.00. The Bertz CT molecular complexity index is 574. The summed E-state index contributed by atoms with van der Waals surface area (Å²) in [5.74, 6) is -0.0982. The van der Waals surface area contributed by atoms with Gasteiger partial charge in [0.1, 0.15) is 0 Å². The van der Waals surface area contributed by atoms with Crippen molar-refractivity contribution < 1.29 is 19.1 Å². The van der Waals surface area contributed by atoms with Gasteiger partial charge in [-0.15, -0.1) is 0 Å². The van der Waals surface area contributed by atoms with Gasteiger partial charge in [0.05, 0.1) is 0 Å². The first-order chi connectivity index (χ1) is 11.5. The fraction of sp³-hybridized carbons (Fsp3) is 0.526. The average Bonchev–Trinajstić information content (AvgIpc) is 2.59. The highest BCUT2D eigenvalue weighted by atomic mass is 16.5. The molecule has 0 unspecified atom stereocenters. The van der Waals surface area contributed by atoms with E-state index >= 15 is 0 Å². The van der Waals surface area contributed by atoms with Gasteiger partial charge in [-0.3, -0.25) is 14.4 Å². The summed E-state index contributed by atoms with van der Waals surface area (Å²) in [4.78, 5) is 34.7. The van der Waals surface area contributed by atoms with E-state index < -0.39 is 0 Å². The summed E-state index contributed by atoms with van der Waals surface area (Å²) < 4.78 is 5.02. The Morgan fingerprint density at radius 3 is 2.38 bits per heavy atom. The maximum Gasteiger partial charge on any atom is 0.306 e. The lowest BCUT2D eigenvalue weighted by Gasteiger charge is -2.20. The molecule has 1 aromatic carbocycles. The summed E-state index contributed by atoms with van der Waals surface area (Å²) in [5.41, 5.74) is 1.16. The molecule has 0 atom stereocenters. The largest absolute Gasteiger partial charge is 0.456 e. The number of benzene rings is 1. The van der Waals surface area contributed by atoms with Crippen molar-refractivity contribution in [1.82, 2.24) is 0 Å². The second-order valence-electron chi connectivity index (χ2n) is 6.39. The molecule has 1 amide bonds. The van der Waals surface area contributed by atoms with E-state index in [1.165, 1.54) is 39.0 Å². The van der Waals surface area contributed by atoms with Crippen LogP contribution in [0.1, 0.15) is 62.2 Å². The maximum atomic E-state index is 11.8. The minimum Gasteiger partial charge on any atom is -0.456 e. The highest BCUT2D eigenvalue weighted by Crippen LogP contribution is 2.27. The number of ketones is 1. The van der Waals surface area contributed by atoms with Gasteiger partial charge in [0.15, 0.2) is 12.4 Å². The van der Waals surface area contributed by atoms with Crippen LogP contribution in [0.15, 0.2) is 24.3 Å². The number of hydrogen-bond acceptors (Lipinski definition) is 4. The lowest BCUT2D eigenvalue weighted by atomic mass is 9.86. The monoisotopic (exact) mass is 331 g/mol. The molecule has 0 aliphatic heterocycles. The van der Waals surface area contributed by atoms with Gasteiger partial charge in [0.2, 0.25) is 0 Å². The average molecular weight is 331 g/mol. The molecule has 0 heterocycles. The highest BCUT2D eigenvalue weighted by Gasteiger charge is 2.16. The van der Waals surface area contributed by atoms with E-state index in [4.69, 9.17) is 4.74 Å². The Labute approximate surface area is 142 Å². The van der Waals surface area contributed by atoms with Gasteiger partial charge in [-0.1, -0.05) is 32.1 Å². The standard InChI is InChI=1S/C19H25NO4/c1-14(21)16-8-10-17(11-9-16)20-18(22)13-24-19(23)12-7-15-5-3-2-4-6-15/h8-11,15H,2-7,12-13H2,1H3,(H,20,22). The van der Waals surface area contributed by atoms with Crippen molar-refractivity contribution in [1.29, 1.82) is 0 Å². The second-order valence-corrected chi connectivity index (χ2v) is 6.39. The number of Topliss-reactive ketones (excluding diaryl/α,β-unsaturated/α-hetero) is 1. The topological polar surface area (TPSA) is 72.5 Å². The molecular weight excluding hydrogens is 306 g/mol. The Morgan fingerprint density at radius 1 is 1.08 bits per heavy atom. The number of hydrogen-bond donors (Lipinski definition) is 1. The maximum absolute atomic E-state index is 11.8. The Kier molecular flexibility index (Phi) is 6.97. The number of carbonyl (C=O) groups is 3. The zero-order valence-electron chi connectivity index (χ0n) is 14.2. The molecule has 0 saturated heterocycles. The summed E-state index contributed by atoms with van der Waals surface area (Å²) in [6.07, 6.45) is 7.44. The molecule has 130 valence electrons. The fourth-order valence-electron chi connectivity index (χ4n) is 3.00. The van der Waals surface area contributed by atoms with Crippen molar-refractivity contribution in [3.63, 3.8) is 0 Å². The van der Waals surface area contributed by atoms with Crippen LogP contribution in [0.5, 0.6) is 0 Å². The van der Waals surface area contributed by atoms with E-state index in [0.29, 0.717) is 23.6 Å². The molecular formula is C19H25NO4. The molecule has 2 rings (SSSR count). The first-order valence-electron chi connectivity index (χ1n) is 8.61. The van der Waals surface area contributed by atoms with E-state index in [1.54, 1.807) is 24.3 Å². The van der Waals surface area contributed by atoms with Gasteiger partial charge >= 0.3 is 5.97 Å². The minimum atomic E-state index is -0.378. The molecule has 1 N–H and O–H groups in total. The molecule has 5 heteroatoms. The van der Waals surface area contributed by atoms with Crippen molar-refractivity contribution in [2.75, 3.05) is 11.9 Å². The molecule has 0 spiro atoms. The highest BCUT2D eigenvalue weighted by molar-refractivity contribution is 5.96. The third-order valence-electron chi connectivity index (χ3n) is 4.42. The first-order valence-corrected chi connectivity index (χ1v) is 8.61. The smallest absolute Gasteiger partial charge is 0.306 e. The number of esters is 1. The van der Waals surface area contributed by atoms with Gasteiger partial charge in [-0.2, -0.15) is 0 Å². The van der Waals surface area contributed by atoms with Crippen LogP contribution in [0.4, 0.5) is 5.69 Å². The molecule has 24 heavy (non-hydrogen) atoms. The van der Waals surface area contributed by atoms with Crippen LogP contribution in [0.2, 0.25) is 0 Å². The van der Waals surface area contributed by atoms with E-state index in [9.17, 15) is 14.4 Å². The quantitative estimate of drug-likeness (QED) is 0.610. The molecule has 1 aromatic rings. The van der Waals surface area contributed by atoms with Crippen LogP contribution >= 0.6 is 0 Å². The molecule has 5 nitrogen and oxygen atoms in total. The number of ether oxygens (including phenoxy) is 1. The first kappa shape index (κ1) is 18.2. The Morgan fingerprint density at radius 2 is 1.75 bits per heavy atom. The van der Waals surface area contributed by atoms with E-state index in [-0.39, 0.29) is 24.3 Å². The summed E-state index contributed by atoms with van der Waals surface area (Å²) in [5, 5.41) is 2.64. The summed E-state index contributed by atoms with van der Waals surface area (Å²) in [7, 11) is 0. The van der Waals surface area contributed by atoms with Crippen molar-refractivity contribution in [3.05, 3.63) is 29.8 Å². The predicted molar refractivity (Wildman–Crippen MR) is 91.8 cm³/mol. The summed E-state index contributed by atoms with van der Waals surface area (Å²) in [6, 6.07) is 6.60. The zero-order valence-corrected chi connectivity index (χ0v) is 14.2. The lowest BCUT2D eigenvalue weighted by Crippen LogP contribution is -2.21. The minimum absolute atomic E-state index is 0.0280. The van der Waals surface area contributed by atoms with E-state index in [0.717, 1.165) is 6.42 Å². The van der Waals surface area contributed by atoms with Crippen molar-refractivity contribution >= 4 is 23.3 Å².